The fraction of sp³-hybridized carbons (Fsp3) is 0.438. The van der Waals surface area contributed by atoms with E-state index in [1.807, 2.05) is 25.1 Å². The van der Waals surface area contributed by atoms with Crippen molar-refractivity contribution in [1.29, 1.82) is 0 Å². The van der Waals surface area contributed by atoms with Gasteiger partial charge in [-0.15, -0.1) is 0 Å². The average Bonchev–Trinajstić information content (AvgIpc) is 2.91. The van der Waals surface area contributed by atoms with E-state index in [0.717, 1.165) is 35.7 Å². The molecule has 0 spiro atoms. The van der Waals surface area contributed by atoms with Crippen LogP contribution in [-0.4, -0.2) is 23.3 Å². The molecule has 0 radical (unpaired) electrons. The van der Waals surface area contributed by atoms with Crippen LogP contribution in [-0.2, 0) is 13.0 Å². The summed E-state index contributed by atoms with van der Waals surface area (Å²) in [4.78, 5) is 4.75. The molecule has 106 valence electrons. The van der Waals surface area contributed by atoms with E-state index < -0.39 is 0 Å². The van der Waals surface area contributed by atoms with Crippen molar-refractivity contribution in [3.63, 3.8) is 0 Å². The Hall–Kier alpha value is -1.97. The van der Waals surface area contributed by atoms with Crippen LogP contribution in [0.1, 0.15) is 25.6 Å². The first-order valence-corrected chi connectivity index (χ1v) is 7.19. The van der Waals surface area contributed by atoms with E-state index in [-0.39, 0.29) is 0 Å². The number of benzene rings is 1. The van der Waals surface area contributed by atoms with E-state index >= 15 is 0 Å². The standard InChI is InChI=1S/C16H20N2O2/c1-3-20-12-7-8-13(15(10-12)19-2)14-11-18-9-5-4-6-16(18)17-14/h7-8,10-11H,3-6,9H2,1-2H3. The number of ether oxygens (including phenoxy) is 2. The summed E-state index contributed by atoms with van der Waals surface area (Å²) in [7, 11) is 1.69. The number of fused-ring (bicyclic) bond motifs is 1. The summed E-state index contributed by atoms with van der Waals surface area (Å²) in [6.45, 7) is 3.70. The molecule has 0 bridgehead atoms. The third-order valence-corrected chi connectivity index (χ3v) is 3.67. The SMILES string of the molecule is CCOc1ccc(-c2cn3c(n2)CCCC3)c(OC)c1. The zero-order valence-corrected chi connectivity index (χ0v) is 12.1. The van der Waals surface area contributed by atoms with Gasteiger partial charge in [0.15, 0.2) is 0 Å². The molecule has 0 amide bonds. The molecular formula is C16H20N2O2. The van der Waals surface area contributed by atoms with Crippen molar-refractivity contribution < 1.29 is 9.47 Å². The van der Waals surface area contributed by atoms with E-state index in [9.17, 15) is 0 Å². The third kappa shape index (κ3) is 2.38. The van der Waals surface area contributed by atoms with Gasteiger partial charge in [-0.1, -0.05) is 0 Å². The summed E-state index contributed by atoms with van der Waals surface area (Å²) in [5.41, 5.74) is 2.01. The second-order valence-electron chi connectivity index (χ2n) is 4.99. The highest BCUT2D eigenvalue weighted by molar-refractivity contribution is 5.68. The molecule has 0 aliphatic carbocycles. The smallest absolute Gasteiger partial charge is 0.132 e. The van der Waals surface area contributed by atoms with Gasteiger partial charge in [0.05, 0.1) is 19.4 Å². The summed E-state index contributed by atoms with van der Waals surface area (Å²) in [6, 6.07) is 5.93. The predicted octanol–water partition coefficient (Wildman–Crippen LogP) is 3.29. The number of aromatic nitrogens is 2. The lowest BCUT2D eigenvalue weighted by atomic mass is 10.1. The normalized spacial score (nSPS) is 13.9. The Morgan fingerprint density at radius 2 is 2.20 bits per heavy atom. The van der Waals surface area contributed by atoms with E-state index in [1.54, 1.807) is 7.11 Å². The minimum atomic E-state index is 0.654. The molecule has 1 aromatic heterocycles. The average molecular weight is 272 g/mol. The van der Waals surface area contributed by atoms with Crippen molar-refractivity contribution in [1.82, 2.24) is 9.55 Å². The first-order chi connectivity index (χ1) is 9.81. The van der Waals surface area contributed by atoms with Crippen LogP contribution < -0.4 is 9.47 Å². The molecule has 4 nitrogen and oxygen atoms in total. The van der Waals surface area contributed by atoms with Gasteiger partial charge in [-0.05, 0) is 31.9 Å². The van der Waals surface area contributed by atoms with Gasteiger partial charge in [0.25, 0.3) is 0 Å². The molecular weight excluding hydrogens is 252 g/mol. The molecule has 3 rings (SSSR count). The molecule has 2 aromatic rings. The van der Waals surface area contributed by atoms with Gasteiger partial charge in [-0.25, -0.2) is 4.98 Å². The topological polar surface area (TPSA) is 36.3 Å². The number of rotatable bonds is 4. The maximum Gasteiger partial charge on any atom is 0.132 e. The van der Waals surface area contributed by atoms with E-state index in [4.69, 9.17) is 14.5 Å². The molecule has 0 fully saturated rings. The Morgan fingerprint density at radius 3 is 2.95 bits per heavy atom. The Bertz CT molecular complexity index is 581. The monoisotopic (exact) mass is 272 g/mol. The first kappa shape index (κ1) is 13.0. The van der Waals surface area contributed by atoms with Crippen LogP contribution in [0, 0.1) is 0 Å². The van der Waals surface area contributed by atoms with Gasteiger partial charge in [0.1, 0.15) is 17.3 Å². The highest BCUT2D eigenvalue weighted by atomic mass is 16.5. The van der Waals surface area contributed by atoms with Crippen LogP contribution in [0.5, 0.6) is 11.5 Å². The summed E-state index contributed by atoms with van der Waals surface area (Å²) >= 11 is 0. The van der Waals surface area contributed by atoms with Crippen LogP contribution in [0.2, 0.25) is 0 Å². The second kappa shape index (κ2) is 5.57. The largest absolute Gasteiger partial charge is 0.496 e. The van der Waals surface area contributed by atoms with Crippen molar-refractivity contribution in [3.05, 3.63) is 30.2 Å². The van der Waals surface area contributed by atoms with Crippen LogP contribution in [0.3, 0.4) is 0 Å². The van der Waals surface area contributed by atoms with Crippen molar-refractivity contribution in [2.45, 2.75) is 32.7 Å². The third-order valence-electron chi connectivity index (χ3n) is 3.67. The van der Waals surface area contributed by atoms with E-state index in [0.29, 0.717) is 6.61 Å². The maximum absolute atomic E-state index is 5.51. The zero-order valence-electron chi connectivity index (χ0n) is 12.1. The van der Waals surface area contributed by atoms with Gasteiger partial charge in [-0.2, -0.15) is 0 Å². The summed E-state index contributed by atoms with van der Waals surface area (Å²) in [5.74, 6) is 2.82. The molecule has 4 heteroatoms. The molecule has 1 aromatic carbocycles. The molecule has 0 saturated heterocycles. The molecule has 1 aliphatic rings. The number of aryl methyl sites for hydroxylation is 2. The van der Waals surface area contributed by atoms with Crippen molar-refractivity contribution >= 4 is 0 Å². The lowest BCUT2D eigenvalue weighted by Crippen LogP contribution is -2.08. The first-order valence-electron chi connectivity index (χ1n) is 7.19. The maximum atomic E-state index is 5.51. The molecule has 1 aliphatic heterocycles. The molecule has 20 heavy (non-hydrogen) atoms. The Labute approximate surface area is 119 Å². The Kier molecular flexibility index (Phi) is 3.63. The molecule has 0 N–H and O–H groups in total. The summed E-state index contributed by atoms with van der Waals surface area (Å²) in [5, 5.41) is 0. The second-order valence-corrected chi connectivity index (χ2v) is 4.99. The zero-order chi connectivity index (χ0) is 13.9. The number of nitrogens with zero attached hydrogens (tertiary/aromatic N) is 2. The van der Waals surface area contributed by atoms with Crippen molar-refractivity contribution in [2.75, 3.05) is 13.7 Å². The van der Waals surface area contributed by atoms with E-state index in [1.165, 1.54) is 18.7 Å². The van der Waals surface area contributed by atoms with Gasteiger partial charge >= 0.3 is 0 Å². The van der Waals surface area contributed by atoms with Gasteiger partial charge < -0.3 is 14.0 Å². The minimum absolute atomic E-state index is 0.654. The van der Waals surface area contributed by atoms with Gasteiger partial charge in [0.2, 0.25) is 0 Å². The quantitative estimate of drug-likeness (QED) is 0.857. The van der Waals surface area contributed by atoms with Crippen molar-refractivity contribution in [3.8, 4) is 22.8 Å². The number of methoxy groups -OCH3 is 1. The fourth-order valence-corrected chi connectivity index (χ4v) is 2.68. The molecule has 0 atom stereocenters. The highest BCUT2D eigenvalue weighted by Gasteiger charge is 2.16. The predicted molar refractivity (Wildman–Crippen MR) is 78.3 cm³/mol. The fourth-order valence-electron chi connectivity index (χ4n) is 2.68. The van der Waals surface area contributed by atoms with Crippen LogP contribution >= 0.6 is 0 Å². The van der Waals surface area contributed by atoms with Crippen molar-refractivity contribution in [2.24, 2.45) is 0 Å². The Morgan fingerprint density at radius 1 is 1.30 bits per heavy atom. The lowest BCUT2D eigenvalue weighted by molar-refractivity contribution is 0.336. The van der Waals surface area contributed by atoms with Gasteiger partial charge in [-0.3, -0.25) is 0 Å². The molecule has 0 saturated carbocycles. The van der Waals surface area contributed by atoms with Crippen LogP contribution in [0.4, 0.5) is 0 Å². The van der Waals surface area contributed by atoms with Gasteiger partial charge in [0, 0.05) is 30.8 Å². The van der Waals surface area contributed by atoms with Crippen LogP contribution in [0.15, 0.2) is 24.4 Å². The minimum Gasteiger partial charge on any atom is -0.496 e. The molecule has 0 unspecified atom stereocenters. The lowest BCUT2D eigenvalue weighted by Gasteiger charge is -2.11. The van der Waals surface area contributed by atoms with Crippen LogP contribution in [0.25, 0.3) is 11.3 Å². The summed E-state index contributed by atoms with van der Waals surface area (Å²) < 4.78 is 13.3. The number of imidazole rings is 1. The number of hydrogen-bond donors (Lipinski definition) is 0. The summed E-state index contributed by atoms with van der Waals surface area (Å²) in [6.07, 6.45) is 5.67. The number of hydrogen-bond acceptors (Lipinski definition) is 3. The highest BCUT2D eigenvalue weighted by Crippen LogP contribution is 2.33. The molecule has 2 heterocycles. The Balaban J connectivity index is 1.98. The van der Waals surface area contributed by atoms with E-state index in [2.05, 4.69) is 10.8 Å².